The van der Waals surface area contributed by atoms with Gasteiger partial charge in [0.15, 0.2) is 11.5 Å². The molecule has 1 N–H and O–H groups in total. The van der Waals surface area contributed by atoms with Crippen LogP contribution >= 0.6 is 0 Å². The lowest BCUT2D eigenvalue weighted by Gasteiger charge is -2.31. The van der Waals surface area contributed by atoms with E-state index in [2.05, 4.69) is 31.2 Å². The van der Waals surface area contributed by atoms with Gasteiger partial charge in [0.05, 0.1) is 44.3 Å². The van der Waals surface area contributed by atoms with Gasteiger partial charge in [-0.25, -0.2) is 8.42 Å². The van der Waals surface area contributed by atoms with E-state index in [4.69, 9.17) is 9.47 Å². The van der Waals surface area contributed by atoms with Gasteiger partial charge in [-0.3, -0.25) is 0 Å². The van der Waals surface area contributed by atoms with Gasteiger partial charge in [0.2, 0.25) is 10.0 Å². The minimum absolute atomic E-state index is 0.277. The maximum absolute atomic E-state index is 13.1. The van der Waals surface area contributed by atoms with Crippen molar-refractivity contribution in [1.82, 2.24) is 4.31 Å². The molecule has 2 aliphatic heterocycles. The first-order valence-corrected chi connectivity index (χ1v) is 11.3. The van der Waals surface area contributed by atoms with Gasteiger partial charge >= 0.3 is 0 Å². The molecule has 2 heterocycles. The molecule has 0 radical (unpaired) electrons. The first-order chi connectivity index (χ1) is 13.5. The number of fused-ring (bicyclic) bond motifs is 1. The Morgan fingerprint density at radius 3 is 2.50 bits per heavy atom. The lowest BCUT2D eigenvalue weighted by molar-refractivity contribution is -0.917. The van der Waals surface area contributed by atoms with E-state index in [1.165, 1.54) is 16.0 Å². The Balaban J connectivity index is 1.43. The Bertz CT molecular complexity index is 937. The van der Waals surface area contributed by atoms with Crippen molar-refractivity contribution in [3.63, 3.8) is 0 Å². The van der Waals surface area contributed by atoms with Gasteiger partial charge in [0.1, 0.15) is 6.54 Å². The fourth-order valence-electron chi connectivity index (χ4n) is 3.78. The van der Waals surface area contributed by atoms with Crippen LogP contribution in [0.5, 0.6) is 11.5 Å². The molecule has 2 aromatic rings. The van der Waals surface area contributed by atoms with E-state index < -0.39 is 10.0 Å². The molecule has 0 aromatic heterocycles. The van der Waals surface area contributed by atoms with Crippen LogP contribution in [0.3, 0.4) is 0 Å². The fourth-order valence-corrected chi connectivity index (χ4v) is 5.24. The van der Waals surface area contributed by atoms with Gasteiger partial charge in [-0.2, -0.15) is 4.31 Å². The zero-order valence-electron chi connectivity index (χ0n) is 16.2. The van der Waals surface area contributed by atoms with Crippen molar-refractivity contribution >= 4 is 10.0 Å². The number of benzene rings is 2. The van der Waals surface area contributed by atoms with Gasteiger partial charge in [0.25, 0.3) is 0 Å². The Hall–Kier alpha value is -2.09. The van der Waals surface area contributed by atoms with E-state index in [1.54, 1.807) is 22.5 Å². The largest absolute Gasteiger partial charge is 0.490 e. The normalized spacial score (nSPS) is 18.6. The molecule has 4 rings (SSSR count). The number of nitrogens with one attached hydrogen (secondary N) is 1. The predicted octanol–water partition coefficient (Wildman–Crippen LogP) is 1.25. The third-order valence-electron chi connectivity index (χ3n) is 5.32. The minimum atomic E-state index is -3.53. The Kier molecular flexibility index (Phi) is 5.57. The van der Waals surface area contributed by atoms with Crippen molar-refractivity contribution in [2.75, 3.05) is 39.4 Å². The van der Waals surface area contributed by atoms with Crippen molar-refractivity contribution in [2.45, 2.75) is 24.8 Å². The highest BCUT2D eigenvalue weighted by Crippen LogP contribution is 2.32. The molecular weight excluding hydrogens is 376 g/mol. The third kappa shape index (κ3) is 4.16. The van der Waals surface area contributed by atoms with Crippen molar-refractivity contribution < 1.29 is 22.8 Å². The van der Waals surface area contributed by atoms with Crippen molar-refractivity contribution in [1.29, 1.82) is 0 Å². The van der Waals surface area contributed by atoms with E-state index in [-0.39, 0.29) is 4.90 Å². The Morgan fingerprint density at radius 1 is 1.00 bits per heavy atom. The van der Waals surface area contributed by atoms with Crippen LogP contribution in [0.1, 0.15) is 17.5 Å². The monoisotopic (exact) mass is 403 g/mol. The highest BCUT2D eigenvalue weighted by molar-refractivity contribution is 7.89. The number of hydrogen-bond acceptors (Lipinski definition) is 4. The first-order valence-electron chi connectivity index (χ1n) is 9.81. The zero-order chi connectivity index (χ0) is 19.6. The minimum Gasteiger partial charge on any atom is -0.490 e. The average molecular weight is 404 g/mol. The van der Waals surface area contributed by atoms with Crippen LogP contribution in [0.4, 0.5) is 0 Å². The Morgan fingerprint density at radius 2 is 1.75 bits per heavy atom. The maximum atomic E-state index is 13.1. The predicted molar refractivity (Wildman–Crippen MR) is 106 cm³/mol. The summed E-state index contributed by atoms with van der Waals surface area (Å²) in [6.07, 6.45) is 0.794. The van der Waals surface area contributed by atoms with Crippen LogP contribution in [-0.4, -0.2) is 52.1 Å². The second-order valence-corrected chi connectivity index (χ2v) is 9.42. The third-order valence-corrected chi connectivity index (χ3v) is 7.22. The molecule has 0 saturated carbocycles. The molecule has 0 aliphatic carbocycles. The summed E-state index contributed by atoms with van der Waals surface area (Å²) in [7, 11) is -3.53. The van der Waals surface area contributed by atoms with Crippen LogP contribution in [0.2, 0.25) is 0 Å². The van der Waals surface area contributed by atoms with Gasteiger partial charge in [-0.05, 0) is 19.1 Å². The second-order valence-electron chi connectivity index (χ2n) is 7.48. The number of nitrogens with zero attached hydrogens (tertiary/aromatic N) is 1. The number of ether oxygens (including phenoxy) is 2. The summed E-state index contributed by atoms with van der Waals surface area (Å²) in [5.41, 5.74) is 2.56. The van der Waals surface area contributed by atoms with Crippen LogP contribution < -0.4 is 14.4 Å². The summed E-state index contributed by atoms with van der Waals surface area (Å²) in [5, 5.41) is 0. The smallest absolute Gasteiger partial charge is 0.243 e. The van der Waals surface area contributed by atoms with Crippen LogP contribution in [0.15, 0.2) is 47.4 Å². The summed E-state index contributed by atoms with van der Waals surface area (Å²) >= 11 is 0. The average Bonchev–Trinajstić information content (AvgIpc) is 2.93. The molecule has 1 fully saturated rings. The van der Waals surface area contributed by atoms with E-state index in [9.17, 15) is 8.42 Å². The molecule has 0 amide bonds. The quantitative estimate of drug-likeness (QED) is 0.835. The SMILES string of the molecule is Cc1cccc(C[NH+]2CCN(S(=O)(=O)c3ccc4c(c3)OCCCO4)CC2)c1. The van der Waals surface area contributed by atoms with Crippen LogP contribution in [0, 0.1) is 6.92 Å². The summed E-state index contributed by atoms with van der Waals surface area (Å²) in [6.45, 7) is 6.81. The summed E-state index contributed by atoms with van der Waals surface area (Å²) < 4.78 is 39.0. The molecule has 28 heavy (non-hydrogen) atoms. The maximum Gasteiger partial charge on any atom is 0.243 e. The van der Waals surface area contributed by atoms with Gasteiger partial charge in [0, 0.05) is 18.1 Å². The van der Waals surface area contributed by atoms with Gasteiger partial charge < -0.3 is 14.4 Å². The van der Waals surface area contributed by atoms with Crippen molar-refractivity contribution in [3.8, 4) is 11.5 Å². The molecule has 2 aromatic carbocycles. The Labute approximate surface area is 166 Å². The molecule has 0 bridgehead atoms. The number of aryl methyl sites for hydroxylation is 1. The second kappa shape index (κ2) is 8.11. The number of quaternary nitrogens is 1. The van der Waals surface area contributed by atoms with Crippen LogP contribution in [0.25, 0.3) is 0 Å². The fraction of sp³-hybridized carbons (Fsp3) is 0.429. The molecule has 6 nitrogen and oxygen atoms in total. The summed E-state index contributed by atoms with van der Waals surface area (Å²) in [5.74, 6) is 1.13. The van der Waals surface area contributed by atoms with E-state index >= 15 is 0 Å². The molecule has 1 saturated heterocycles. The van der Waals surface area contributed by atoms with Gasteiger partial charge in [-0.15, -0.1) is 0 Å². The van der Waals surface area contributed by atoms with Gasteiger partial charge in [-0.1, -0.05) is 29.8 Å². The number of hydrogen-bond donors (Lipinski definition) is 1. The zero-order valence-corrected chi connectivity index (χ0v) is 17.0. The molecule has 2 aliphatic rings. The highest BCUT2D eigenvalue weighted by Gasteiger charge is 2.31. The topological polar surface area (TPSA) is 60.3 Å². The van der Waals surface area contributed by atoms with Crippen molar-refractivity contribution in [2.24, 2.45) is 0 Å². The van der Waals surface area contributed by atoms with E-state index in [0.717, 1.165) is 26.1 Å². The van der Waals surface area contributed by atoms with E-state index in [0.29, 0.717) is 37.8 Å². The lowest BCUT2D eigenvalue weighted by atomic mass is 10.1. The standard InChI is InChI=1S/C21H26N2O4S/c1-17-4-2-5-18(14-17)16-22-8-10-23(11-9-22)28(24,25)19-6-7-20-21(15-19)27-13-3-12-26-20/h2,4-7,14-15H,3,8-13,16H2,1H3/p+1. The number of rotatable bonds is 4. The number of piperazine rings is 1. The summed E-state index contributed by atoms with van der Waals surface area (Å²) in [4.78, 5) is 1.69. The van der Waals surface area contributed by atoms with Crippen LogP contribution in [-0.2, 0) is 16.6 Å². The molecular formula is C21H27N2O4S+. The molecule has 0 spiro atoms. The first kappa shape index (κ1) is 19.2. The molecule has 0 atom stereocenters. The summed E-state index contributed by atoms with van der Waals surface area (Å²) in [6, 6.07) is 13.4. The molecule has 7 heteroatoms. The molecule has 0 unspecified atom stereocenters. The highest BCUT2D eigenvalue weighted by atomic mass is 32.2. The van der Waals surface area contributed by atoms with Crippen molar-refractivity contribution in [3.05, 3.63) is 53.6 Å². The lowest BCUT2D eigenvalue weighted by Crippen LogP contribution is -3.13. The molecule has 150 valence electrons. The van der Waals surface area contributed by atoms with E-state index in [1.807, 2.05) is 0 Å². The number of sulfonamides is 1.